The Morgan fingerprint density at radius 1 is 1.47 bits per heavy atom. The lowest BCUT2D eigenvalue weighted by Crippen LogP contribution is -2.22. The Balaban J connectivity index is 1.57. The Kier molecular flexibility index (Phi) is 3.38. The molecule has 0 unspecified atom stereocenters. The first-order valence-electron chi connectivity index (χ1n) is 6.67. The first-order chi connectivity index (χ1) is 9.26. The van der Waals surface area contributed by atoms with Crippen molar-refractivity contribution in [3.63, 3.8) is 0 Å². The van der Waals surface area contributed by atoms with Gasteiger partial charge < -0.3 is 5.32 Å². The van der Waals surface area contributed by atoms with E-state index in [0.717, 1.165) is 12.1 Å². The normalized spacial score (nSPS) is 14.6. The van der Waals surface area contributed by atoms with Crippen molar-refractivity contribution in [3.05, 3.63) is 39.3 Å². The molecule has 0 bridgehead atoms. The number of nitrogens with one attached hydrogen (secondary N) is 2. The highest BCUT2D eigenvalue weighted by molar-refractivity contribution is 7.11. The van der Waals surface area contributed by atoms with Crippen LogP contribution in [0.5, 0.6) is 0 Å². The van der Waals surface area contributed by atoms with Gasteiger partial charge in [0.25, 0.3) is 5.91 Å². The van der Waals surface area contributed by atoms with Gasteiger partial charge in [-0.3, -0.25) is 9.89 Å². The van der Waals surface area contributed by atoms with E-state index in [1.807, 2.05) is 6.07 Å². The molecule has 1 aliphatic rings. The van der Waals surface area contributed by atoms with Crippen LogP contribution in [0.1, 0.15) is 51.6 Å². The fraction of sp³-hybridized carbons (Fsp3) is 0.429. The van der Waals surface area contributed by atoms with Gasteiger partial charge in [0.2, 0.25) is 0 Å². The van der Waals surface area contributed by atoms with Gasteiger partial charge in [-0.05, 0) is 37.5 Å². The minimum absolute atomic E-state index is 0.102. The maximum absolute atomic E-state index is 12.0. The second-order valence-corrected chi connectivity index (χ2v) is 6.14. The van der Waals surface area contributed by atoms with Crippen LogP contribution < -0.4 is 5.32 Å². The highest BCUT2D eigenvalue weighted by Crippen LogP contribution is 2.38. The third-order valence-electron chi connectivity index (χ3n) is 3.34. The molecule has 0 saturated heterocycles. The van der Waals surface area contributed by atoms with Crippen LogP contribution in [0.4, 0.5) is 0 Å². The molecule has 100 valence electrons. The highest BCUT2D eigenvalue weighted by atomic mass is 32.1. The van der Waals surface area contributed by atoms with Crippen LogP contribution in [-0.4, -0.2) is 16.1 Å². The predicted molar refractivity (Wildman–Crippen MR) is 75.4 cm³/mol. The Morgan fingerprint density at radius 2 is 2.26 bits per heavy atom. The fourth-order valence-corrected chi connectivity index (χ4v) is 2.92. The number of aromatic amines is 1. The molecule has 0 aromatic carbocycles. The highest BCUT2D eigenvalue weighted by Gasteiger charge is 2.26. The largest absolute Gasteiger partial charge is 0.346 e. The number of thiophene rings is 1. The van der Waals surface area contributed by atoms with E-state index in [9.17, 15) is 4.79 Å². The van der Waals surface area contributed by atoms with Crippen LogP contribution in [0.3, 0.4) is 0 Å². The number of hydrogen-bond donors (Lipinski definition) is 2. The van der Waals surface area contributed by atoms with E-state index < -0.39 is 0 Å². The van der Waals surface area contributed by atoms with Crippen LogP contribution >= 0.6 is 11.3 Å². The number of aromatic nitrogens is 2. The van der Waals surface area contributed by atoms with Crippen molar-refractivity contribution < 1.29 is 4.79 Å². The van der Waals surface area contributed by atoms with E-state index in [1.54, 1.807) is 11.3 Å². The number of hydrogen-bond acceptors (Lipinski definition) is 3. The maximum atomic E-state index is 12.0. The summed E-state index contributed by atoms with van der Waals surface area (Å²) in [6.07, 6.45) is 3.46. The van der Waals surface area contributed by atoms with Gasteiger partial charge in [-0.2, -0.15) is 5.10 Å². The molecule has 0 spiro atoms. The topological polar surface area (TPSA) is 57.8 Å². The van der Waals surface area contributed by atoms with Gasteiger partial charge in [0.1, 0.15) is 5.69 Å². The quantitative estimate of drug-likeness (QED) is 0.881. The molecule has 5 heteroatoms. The first-order valence-corrected chi connectivity index (χ1v) is 7.49. The molecule has 1 amide bonds. The third kappa shape index (κ3) is 2.87. The molecule has 2 N–H and O–H groups in total. The summed E-state index contributed by atoms with van der Waals surface area (Å²) in [4.78, 5) is 14.5. The summed E-state index contributed by atoms with van der Waals surface area (Å²) in [5.41, 5.74) is 1.59. The third-order valence-corrected chi connectivity index (χ3v) is 4.57. The second kappa shape index (κ2) is 5.17. The molecular formula is C14H17N3OS. The van der Waals surface area contributed by atoms with Crippen molar-refractivity contribution in [2.45, 2.75) is 38.6 Å². The lowest BCUT2D eigenvalue weighted by molar-refractivity contribution is 0.0946. The summed E-state index contributed by atoms with van der Waals surface area (Å²) in [6.45, 7) is 2.71. The summed E-state index contributed by atoms with van der Waals surface area (Å²) in [5.74, 6) is 0.494. The van der Waals surface area contributed by atoms with Crippen LogP contribution in [0, 0.1) is 0 Å². The van der Waals surface area contributed by atoms with Crippen molar-refractivity contribution in [2.75, 3.05) is 0 Å². The van der Waals surface area contributed by atoms with Gasteiger partial charge in [0.15, 0.2) is 0 Å². The summed E-state index contributed by atoms with van der Waals surface area (Å²) in [6, 6.07) is 6.06. The van der Waals surface area contributed by atoms with E-state index >= 15 is 0 Å². The Morgan fingerprint density at radius 3 is 2.95 bits per heavy atom. The average molecular weight is 275 g/mol. The van der Waals surface area contributed by atoms with Crippen molar-refractivity contribution in [1.29, 1.82) is 0 Å². The van der Waals surface area contributed by atoms with E-state index in [1.165, 1.54) is 22.6 Å². The standard InChI is InChI=1S/C14H17N3OS/c1-2-10-5-6-11(19-10)8-15-14(18)13-7-12(16-17-13)9-3-4-9/h5-7,9H,2-4,8H2,1H3,(H,15,18)(H,16,17). The van der Waals surface area contributed by atoms with Crippen LogP contribution in [0.2, 0.25) is 0 Å². The Bertz CT molecular complexity index is 583. The number of nitrogens with zero attached hydrogens (tertiary/aromatic N) is 1. The van der Waals surface area contributed by atoms with Crippen molar-refractivity contribution in [2.24, 2.45) is 0 Å². The summed E-state index contributed by atoms with van der Waals surface area (Å²) < 4.78 is 0. The van der Waals surface area contributed by atoms with Gasteiger partial charge in [0, 0.05) is 21.4 Å². The zero-order chi connectivity index (χ0) is 13.2. The van der Waals surface area contributed by atoms with Gasteiger partial charge in [0.05, 0.1) is 6.54 Å². The number of rotatable bonds is 5. The number of amides is 1. The second-order valence-electron chi connectivity index (χ2n) is 4.89. The predicted octanol–water partition coefficient (Wildman–Crippen LogP) is 2.84. The molecular weight excluding hydrogens is 258 g/mol. The summed E-state index contributed by atoms with van der Waals surface area (Å²) >= 11 is 1.75. The lowest BCUT2D eigenvalue weighted by atomic mass is 10.2. The van der Waals surface area contributed by atoms with E-state index in [0.29, 0.717) is 18.2 Å². The Labute approximate surface area is 116 Å². The number of aryl methyl sites for hydroxylation is 1. The molecule has 0 aliphatic heterocycles. The zero-order valence-electron chi connectivity index (χ0n) is 10.9. The van der Waals surface area contributed by atoms with Gasteiger partial charge in [-0.15, -0.1) is 11.3 Å². The molecule has 0 radical (unpaired) electrons. The summed E-state index contributed by atoms with van der Waals surface area (Å²) in [5, 5.41) is 9.94. The van der Waals surface area contributed by atoms with Gasteiger partial charge >= 0.3 is 0 Å². The number of H-pyrrole nitrogens is 1. The maximum Gasteiger partial charge on any atom is 0.272 e. The minimum Gasteiger partial charge on any atom is -0.346 e. The average Bonchev–Trinajstić information content (AvgIpc) is 2.99. The smallest absolute Gasteiger partial charge is 0.272 e. The minimum atomic E-state index is -0.102. The van der Waals surface area contributed by atoms with Crippen LogP contribution in [0.25, 0.3) is 0 Å². The van der Waals surface area contributed by atoms with Crippen LogP contribution in [0.15, 0.2) is 18.2 Å². The zero-order valence-corrected chi connectivity index (χ0v) is 11.7. The van der Waals surface area contributed by atoms with E-state index in [-0.39, 0.29) is 5.91 Å². The van der Waals surface area contributed by atoms with Gasteiger partial charge in [-0.25, -0.2) is 0 Å². The summed E-state index contributed by atoms with van der Waals surface area (Å²) in [7, 11) is 0. The molecule has 3 rings (SSSR count). The van der Waals surface area contributed by atoms with Crippen molar-refractivity contribution in [1.82, 2.24) is 15.5 Å². The number of carbonyl (C=O) groups excluding carboxylic acids is 1. The molecule has 2 aromatic heterocycles. The van der Waals surface area contributed by atoms with Crippen LogP contribution in [-0.2, 0) is 13.0 Å². The number of carbonyl (C=O) groups is 1. The SMILES string of the molecule is CCc1ccc(CNC(=O)c2cc(C3CC3)[nH]n2)s1. The first kappa shape index (κ1) is 12.4. The van der Waals surface area contributed by atoms with Crippen molar-refractivity contribution in [3.8, 4) is 0 Å². The molecule has 1 saturated carbocycles. The molecule has 2 heterocycles. The van der Waals surface area contributed by atoms with Gasteiger partial charge in [-0.1, -0.05) is 6.92 Å². The lowest BCUT2D eigenvalue weighted by Gasteiger charge is -2.00. The van der Waals surface area contributed by atoms with E-state index in [4.69, 9.17) is 0 Å². The molecule has 19 heavy (non-hydrogen) atoms. The molecule has 4 nitrogen and oxygen atoms in total. The molecule has 0 atom stereocenters. The monoisotopic (exact) mass is 275 g/mol. The van der Waals surface area contributed by atoms with Crippen molar-refractivity contribution >= 4 is 17.2 Å². The Hall–Kier alpha value is -1.62. The fourth-order valence-electron chi connectivity index (χ4n) is 2.02. The molecule has 1 aliphatic carbocycles. The molecule has 1 fully saturated rings. The molecule has 2 aromatic rings. The van der Waals surface area contributed by atoms with E-state index in [2.05, 4.69) is 34.6 Å².